The van der Waals surface area contributed by atoms with Crippen LogP contribution in [0, 0.1) is 12.7 Å². The normalized spacial score (nSPS) is 12.2. The van der Waals surface area contributed by atoms with Crippen LogP contribution < -0.4 is 5.32 Å². The van der Waals surface area contributed by atoms with Crippen molar-refractivity contribution in [1.29, 1.82) is 0 Å². The lowest BCUT2D eigenvalue weighted by molar-refractivity contribution is -0.137. The molecule has 1 atom stereocenters. The number of rotatable bonds is 3. The third-order valence-electron chi connectivity index (χ3n) is 1.93. The first-order valence-corrected chi connectivity index (χ1v) is 4.26. The molecule has 0 aliphatic heterocycles. The number of halogens is 1. The minimum atomic E-state index is -0.967. The highest BCUT2D eigenvalue weighted by atomic mass is 19.1. The summed E-state index contributed by atoms with van der Waals surface area (Å²) in [5.41, 5.74) is 1.02. The van der Waals surface area contributed by atoms with Crippen molar-refractivity contribution in [3.05, 3.63) is 29.6 Å². The number of hydrogen-bond donors (Lipinski definition) is 2. The maximum atomic E-state index is 13.0. The maximum Gasteiger partial charge on any atom is 0.325 e. The summed E-state index contributed by atoms with van der Waals surface area (Å²) in [6, 6.07) is 3.82. The standard InChI is InChI=1S/C10H12FNO2/c1-6-3-4-8(5-9(6)11)12-7(2)10(13)14/h3-5,7,12H,1-2H3,(H,13,14)/t7-/m1/s1. The van der Waals surface area contributed by atoms with Crippen LogP contribution in [0.3, 0.4) is 0 Å². The lowest BCUT2D eigenvalue weighted by Crippen LogP contribution is -2.25. The summed E-state index contributed by atoms with van der Waals surface area (Å²) in [6.45, 7) is 3.15. The minimum Gasteiger partial charge on any atom is -0.480 e. The summed E-state index contributed by atoms with van der Waals surface area (Å²) in [4.78, 5) is 10.5. The van der Waals surface area contributed by atoms with Crippen LogP contribution in [-0.4, -0.2) is 17.1 Å². The zero-order valence-corrected chi connectivity index (χ0v) is 8.04. The van der Waals surface area contributed by atoms with Crippen molar-refractivity contribution in [3.63, 3.8) is 0 Å². The van der Waals surface area contributed by atoms with Crippen molar-refractivity contribution in [3.8, 4) is 0 Å². The maximum absolute atomic E-state index is 13.0. The van der Waals surface area contributed by atoms with Gasteiger partial charge in [0.2, 0.25) is 0 Å². The molecule has 2 N–H and O–H groups in total. The smallest absolute Gasteiger partial charge is 0.325 e. The highest BCUT2D eigenvalue weighted by molar-refractivity contribution is 5.76. The quantitative estimate of drug-likeness (QED) is 0.779. The van der Waals surface area contributed by atoms with Crippen molar-refractivity contribution in [1.82, 2.24) is 0 Å². The Hall–Kier alpha value is -1.58. The molecule has 1 aromatic rings. The van der Waals surface area contributed by atoms with Crippen LogP contribution in [0.1, 0.15) is 12.5 Å². The lowest BCUT2D eigenvalue weighted by atomic mass is 10.2. The van der Waals surface area contributed by atoms with E-state index in [2.05, 4.69) is 5.32 Å². The molecule has 14 heavy (non-hydrogen) atoms. The van der Waals surface area contributed by atoms with Crippen LogP contribution in [0.15, 0.2) is 18.2 Å². The van der Waals surface area contributed by atoms with Gasteiger partial charge in [0.15, 0.2) is 0 Å². The van der Waals surface area contributed by atoms with E-state index in [0.717, 1.165) is 0 Å². The Balaban J connectivity index is 2.78. The Labute approximate surface area is 81.6 Å². The van der Waals surface area contributed by atoms with Gasteiger partial charge in [-0.25, -0.2) is 4.39 Å². The number of benzene rings is 1. The molecular formula is C10H12FNO2. The molecule has 0 saturated heterocycles. The summed E-state index contributed by atoms with van der Waals surface area (Å²) >= 11 is 0. The van der Waals surface area contributed by atoms with Gasteiger partial charge in [-0.1, -0.05) is 6.07 Å². The number of aliphatic carboxylic acids is 1. The monoisotopic (exact) mass is 197 g/mol. The molecule has 1 rings (SSSR count). The number of hydrogen-bond acceptors (Lipinski definition) is 2. The first kappa shape index (κ1) is 10.5. The van der Waals surface area contributed by atoms with Gasteiger partial charge >= 0.3 is 5.97 Å². The molecule has 0 radical (unpaired) electrons. The average molecular weight is 197 g/mol. The van der Waals surface area contributed by atoms with E-state index in [0.29, 0.717) is 11.3 Å². The number of carboxylic acid groups (broad SMARTS) is 1. The van der Waals surface area contributed by atoms with Crippen molar-refractivity contribution < 1.29 is 14.3 Å². The number of carbonyl (C=O) groups is 1. The molecule has 0 amide bonds. The van der Waals surface area contributed by atoms with E-state index in [1.54, 1.807) is 19.1 Å². The second kappa shape index (κ2) is 4.09. The minimum absolute atomic E-state index is 0.340. The number of anilines is 1. The molecule has 0 spiro atoms. The Morgan fingerprint density at radius 1 is 1.57 bits per heavy atom. The molecule has 4 heteroatoms. The Bertz CT molecular complexity index is 352. The average Bonchev–Trinajstić information content (AvgIpc) is 2.11. The fourth-order valence-electron chi connectivity index (χ4n) is 0.994. The van der Waals surface area contributed by atoms with E-state index in [-0.39, 0.29) is 5.82 Å². The lowest BCUT2D eigenvalue weighted by Gasteiger charge is -2.10. The summed E-state index contributed by atoms with van der Waals surface area (Å²) in [7, 11) is 0. The van der Waals surface area contributed by atoms with Crippen molar-refractivity contribution >= 4 is 11.7 Å². The van der Waals surface area contributed by atoms with Crippen LogP contribution in [0.25, 0.3) is 0 Å². The molecular weight excluding hydrogens is 185 g/mol. The first-order valence-electron chi connectivity index (χ1n) is 4.26. The van der Waals surface area contributed by atoms with Gasteiger partial charge in [-0.15, -0.1) is 0 Å². The van der Waals surface area contributed by atoms with Crippen LogP contribution in [-0.2, 0) is 4.79 Å². The third-order valence-corrected chi connectivity index (χ3v) is 1.93. The summed E-state index contributed by atoms with van der Waals surface area (Å²) in [6.07, 6.45) is 0. The number of nitrogens with one attached hydrogen (secondary N) is 1. The van der Waals surface area contributed by atoms with Gasteiger partial charge in [0, 0.05) is 5.69 Å². The predicted octanol–water partition coefficient (Wildman–Crippen LogP) is 2.02. The SMILES string of the molecule is Cc1ccc(N[C@H](C)C(=O)O)cc1F. The van der Waals surface area contributed by atoms with Gasteiger partial charge < -0.3 is 10.4 Å². The largest absolute Gasteiger partial charge is 0.480 e. The van der Waals surface area contributed by atoms with Crippen molar-refractivity contribution in [2.75, 3.05) is 5.32 Å². The second-order valence-corrected chi connectivity index (χ2v) is 3.17. The fourth-order valence-corrected chi connectivity index (χ4v) is 0.994. The number of aryl methyl sites for hydroxylation is 1. The molecule has 0 heterocycles. The molecule has 0 saturated carbocycles. The van der Waals surface area contributed by atoms with Crippen molar-refractivity contribution in [2.24, 2.45) is 0 Å². The van der Waals surface area contributed by atoms with E-state index < -0.39 is 12.0 Å². The molecule has 0 aliphatic carbocycles. The van der Waals surface area contributed by atoms with Crippen LogP contribution in [0.4, 0.5) is 10.1 Å². The Kier molecular flexibility index (Phi) is 3.06. The predicted molar refractivity (Wildman–Crippen MR) is 51.9 cm³/mol. The van der Waals surface area contributed by atoms with Gasteiger partial charge in [0.1, 0.15) is 11.9 Å². The molecule has 0 aromatic heterocycles. The van der Waals surface area contributed by atoms with Gasteiger partial charge in [0.25, 0.3) is 0 Å². The van der Waals surface area contributed by atoms with Gasteiger partial charge in [-0.05, 0) is 31.5 Å². The molecule has 76 valence electrons. The van der Waals surface area contributed by atoms with Crippen LogP contribution in [0.2, 0.25) is 0 Å². The zero-order valence-electron chi connectivity index (χ0n) is 8.04. The first-order chi connectivity index (χ1) is 6.50. The Morgan fingerprint density at radius 3 is 2.71 bits per heavy atom. The highest BCUT2D eigenvalue weighted by Crippen LogP contribution is 2.14. The van der Waals surface area contributed by atoms with Crippen molar-refractivity contribution in [2.45, 2.75) is 19.9 Å². The molecule has 0 unspecified atom stereocenters. The topological polar surface area (TPSA) is 49.3 Å². The van der Waals surface area contributed by atoms with E-state index in [4.69, 9.17) is 5.11 Å². The van der Waals surface area contributed by atoms with Gasteiger partial charge in [-0.2, -0.15) is 0 Å². The number of carboxylic acids is 1. The zero-order chi connectivity index (χ0) is 10.7. The van der Waals surface area contributed by atoms with E-state index >= 15 is 0 Å². The summed E-state index contributed by atoms with van der Waals surface area (Å²) in [5.74, 6) is -1.31. The van der Waals surface area contributed by atoms with Gasteiger partial charge in [0.05, 0.1) is 0 Å². The third kappa shape index (κ3) is 2.45. The van der Waals surface area contributed by atoms with Crippen LogP contribution in [0.5, 0.6) is 0 Å². The molecule has 0 aliphatic rings. The van der Waals surface area contributed by atoms with Gasteiger partial charge in [-0.3, -0.25) is 4.79 Å². The Morgan fingerprint density at radius 2 is 2.21 bits per heavy atom. The molecule has 1 aromatic carbocycles. The molecule has 0 bridgehead atoms. The van der Waals surface area contributed by atoms with E-state index in [9.17, 15) is 9.18 Å². The van der Waals surface area contributed by atoms with E-state index in [1.807, 2.05) is 0 Å². The second-order valence-electron chi connectivity index (χ2n) is 3.17. The van der Waals surface area contributed by atoms with E-state index in [1.165, 1.54) is 13.0 Å². The van der Waals surface area contributed by atoms with Crippen LogP contribution >= 0.6 is 0 Å². The molecule has 3 nitrogen and oxygen atoms in total. The molecule has 0 fully saturated rings. The summed E-state index contributed by atoms with van der Waals surface area (Å²) < 4.78 is 13.0. The summed E-state index contributed by atoms with van der Waals surface area (Å²) in [5, 5.41) is 11.3. The highest BCUT2D eigenvalue weighted by Gasteiger charge is 2.10. The fraction of sp³-hybridized carbons (Fsp3) is 0.300.